The van der Waals surface area contributed by atoms with Crippen LogP contribution in [0.5, 0.6) is 17.6 Å². The van der Waals surface area contributed by atoms with Gasteiger partial charge in [0.2, 0.25) is 5.88 Å². The van der Waals surface area contributed by atoms with Gasteiger partial charge in [-0.05, 0) is 64.8 Å². The molecule has 1 aromatic carbocycles. The number of hydrogen-bond donors (Lipinski definition) is 1. The van der Waals surface area contributed by atoms with Crippen LogP contribution in [0.4, 0.5) is 23.4 Å². The monoisotopic (exact) mass is 642 g/mol. The van der Waals surface area contributed by atoms with E-state index >= 15 is 4.39 Å². The van der Waals surface area contributed by atoms with E-state index in [4.69, 9.17) is 9.47 Å². The van der Waals surface area contributed by atoms with Gasteiger partial charge in [0.25, 0.3) is 6.43 Å². The maximum atomic E-state index is 16.9. The largest absolute Gasteiger partial charge is 0.508 e. The first-order chi connectivity index (χ1) is 22.0. The highest BCUT2D eigenvalue weighted by Crippen LogP contribution is 2.44. The standard InChI is InChI=1S/C33H38F4N6O3/c1-6-9-33(10-8-11-42(33)5)16-46-32-40-28-25-30(41-32)43(18(4)29(36)37)17(3)15-45-31(25)39-27(26(28)35)21-12-19(44)13-23-24(21)20(7-2)22(34)14-38-23/h12-14,17-18,29,44H,6-11,15-16H2,1-5H3/t17-,18?,33?/m0/s1. The number of hydrogen-bond acceptors (Lipinski definition) is 9. The van der Waals surface area contributed by atoms with Crippen molar-refractivity contribution in [3.8, 4) is 28.9 Å². The van der Waals surface area contributed by atoms with Crippen molar-refractivity contribution in [1.29, 1.82) is 0 Å². The zero-order valence-corrected chi connectivity index (χ0v) is 26.6. The van der Waals surface area contributed by atoms with Crippen LogP contribution in [-0.2, 0) is 6.42 Å². The third-order valence-electron chi connectivity index (χ3n) is 9.45. The second kappa shape index (κ2) is 12.3. The predicted octanol–water partition coefficient (Wildman–Crippen LogP) is 6.67. The van der Waals surface area contributed by atoms with Crippen molar-refractivity contribution in [1.82, 2.24) is 24.8 Å². The molecule has 1 saturated heterocycles. The number of nitrogens with zero attached hydrogens (tertiary/aromatic N) is 6. The van der Waals surface area contributed by atoms with Gasteiger partial charge < -0.3 is 19.5 Å². The highest BCUT2D eigenvalue weighted by atomic mass is 19.3. The molecular formula is C33H38F4N6O3. The van der Waals surface area contributed by atoms with Crippen molar-refractivity contribution < 1.29 is 32.1 Å². The molecule has 3 aromatic heterocycles. The van der Waals surface area contributed by atoms with Crippen LogP contribution in [-0.4, -0.2) is 80.8 Å². The topological polar surface area (TPSA) is 96.7 Å². The normalized spacial score (nSPS) is 20.8. The molecule has 46 heavy (non-hydrogen) atoms. The number of rotatable bonds is 9. The fraction of sp³-hybridized carbons (Fsp3) is 0.515. The van der Waals surface area contributed by atoms with E-state index in [2.05, 4.69) is 31.8 Å². The Labute approximate surface area is 264 Å². The van der Waals surface area contributed by atoms with E-state index in [1.54, 1.807) is 13.8 Å². The summed E-state index contributed by atoms with van der Waals surface area (Å²) in [4.78, 5) is 21.4. The number of anilines is 1. The van der Waals surface area contributed by atoms with E-state index in [1.165, 1.54) is 24.0 Å². The molecule has 1 fully saturated rings. The minimum atomic E-state index is -2.75. The van der Waals surface area contributed by atoms with E-state index in [-0.39, 0.29) is 87.3 Å². The van der Waals surface area contributed by atoms with Crippen molar-refractivity contribution in [2.24, 2.45) is 0 Å². The summed E-state index contributed by atoms with van der Waals surface area (Å²) in [5, 5.41) is 10.9. The maximum Gasteiger partial charge on any atom is 0.319 e. The second-order valence-electron chi connectivity index (χ2n) is 12.4. The number of aromatic nitrogens is 4. The molecule has 0 amide bonds. The van der Waals surface area contributed by atoms with Gasteiger partial charge in [-0.3, -0.25) is 9.88 Å². The number of phenols is 1. The minimum Gasteiger partial charge on any atom is -0.508 e. The van der Waals surface area contributed by atoms with Gasteiger partial charge in [-0.15, -0.1) is 0 Å². The van der Waals surface area contributed by atoms with Crippen LogP contribution in [0.25, 0.3) is 33.1 Å². The third kappa shape index (κ3) is 5.31. The van der Waals surface area contributed by atoms with Crippen LogP contribution >= 0.6 is 0 Å². The molecule has 13 heteroatoms. The highest BCUT2D eigenvalue weighted by molar-refractivity contribution is 6.02. The van der Waals surface area contributed by atoms with Crippen molar-refractivity contribution in [3.05, 3.63) is 35.5 Å². The Hall–Kier alpha value is -4.00. The van der Waals surface area contributed by atoms with Gasteiger partial charge in [-0.25, -0.2) is 22.5 Å². The number of aromatic hydroxyl groups is 1. The Kier molecular flexibility index (Phi) is 8.55. The number of halogens is 4. The predicted molar refractivity (Wildman–Crippen MR) is 167 cm³/mol. The van der Waals surface area contributed by atoms with Gasteiger partial charge in [-0.2, -0.15) is 9.97 Å². The molecule has 2 aliphatic heterocycles. The summed E-state index contributed by atoms with van der Waals surface area (Å²) in [6.45, 7) is 8.01. The summed E-state index contributed by atoms with van der Waals surface area (Å²) < 4.78 is 72.7. The van der Waals surface area contributed by atoms with Crippen LogP contribution in [0.2, 0.25) is 0 Å². The lowest BCUT2D eigenvalue weighted by Crippen LogP contribution is -2.47. The zero-order chi connectivity index (χ0) is 32.9. The first kappa shape index (κ1) is 32.0. The van der Waals surface area contributed by atoms with E-state index in [1.807, 2.05) is 7.05 Å². The highest BCUT2D eigenvalue weighted by Gasteiger charge is 2.40. The lowest BCUT2D eigenvalue weighted by molar-refractivity contribution is 0.0826. The Morgan fingerprint density at radius 2 is 1.93 bits per heavy atom. The fourth-order valence-corrected chi connectivity index (χ4v) is 7.04. The van der Waals surface area contributed by atoms with Crippen molar-refractivity contribution in [2.75, 3.05) is 31.7 Å². The van der Waals surface area contributed by atoms with Crippen LogP contribution in [0.1, 0.15) is 58.9 Å². The average molecular weight is 643 g/mol. The van der Waals surface area contributed by atoms with Gasteiger partial charge in [0.15, 0.2) is 5.82 Å². The Morgan fingerprint density at radius 3 is 2.61 bits per heavy atom. The number of ether oxygens (including phenoxy) is 2. The molecular weight excluding hydrogens is 604 g/mol. The number of alkyl halides is 2. The summed E-state index contributed by atoms with van der Waals surface area (Å²) >= 11 is 0. The quantitative estimate of drug-likeness (QED) is 0.201. The van der Waals surface area contributed by atoms with Gasteiger partial charge >= 0.3 is 6.01 Å². The van der Waals surface area contributed by atoms with Gasteiger partial charge in [0, 0.05) is 17.0 Å². The third-order valence-corrected chi connectivity index (χ3v) is 9.45. The molecule has 1 N–H and O–H groups in total. The Morgan fingerprint density at radius 1 is 1.15 bits per heavy atom. The molecule has 2 unspecified atom stereocenters. The number of likely N-dealkylation sites (N-methyl/N-ethyl adjacent to an activating group) is 1. The second-order valence-corrected chi connectivity index (χ2v) is 12.4. The molecule has 5 heterocycles. The van der Waals surface area contributed by atoms with E-state index in [0.29, 0.717) is 0 Å². The number of aryl methyl sites for hydroxylation is 1. The molecule has 0 radical (unpaired) electrons. The van der Waals surface area contributed by atoms with E-state index in [0.717, 1.165) is 38.4 Å². The first-order valence-electron chi connectivity index (χ1n) is 15.7. The summed E-state index contributed by atoms with van der Waals surface area (Å²) in [5.41, 5.74) is -0.167. The zero-order valence-electron chi connectivity index (χ0n) is 26.6. The van der Waals surface area contributed by atoms with E-state index < -0.39 is 30.1 Å². The van der Waals surface area contributed by atoms with E-state index in [9.17, 15) is 18.3 Å². The molecule has 4 aromatic rings. The number of pyridine rings is 2. The smallest absolute Gasteiger partial charge is 0.319 e. The molecule has 0 spiro atoms. The van der Waals surface area contributed by atoms with Gasteiger partial charge in [0.1, 0.15) is 47.2 Å². The lowest BCUT2D eigenvalue weighted by atomic mass is 9.92. The Bertz CT molecular complexity index is 1790. The molecule has 2 aliphatic rings. The Balaban J connectivity index is 1.61. The molecule has 246 valence electrons. The average Bonchev–Trinajstić information content (AvgIpc) is 3.31. The van der Waals surface area contributed by atoms with Gasteiger partial charge in [0.05, 0.1) is 29.3 Å². The minimum absolute atomic E-state index is 0.0242. The summed E-state index contributed by atoms with van der Waals surface area (Å²) in [5.74, 6) is -1.77. The van der Waals surface area contributed by atoms with Crippen LogP contribution in [0, 0.1) is 11.6 Å². The van der Waals surface area contributed by atoms with Crippen molar-refractivity contribution in [3.63, 3.8) is 0 Å². The molecule has 0 saturated carbocycles. The molecule has 0 bridgehead atoms. The number of fused-ring (bicyclic) bond motifs is 1. The van der Waals surface area contributed by atoms with Gasteiger partial charge in [-0.1, -0.05) is 20.3 Å². The fourth-order valence-electron chi connectivity index (χ4n) is 7.04. The number of phenolic OH excluding ortho intramolecular Hbond substituents is 1. The van der Waals surface area contributed by atoms with Crippen molar-refractivity contribution >= 4 is 27.6 Å². The molecule has 3 atom stereocenters. The maximum absolute atomic E-state index is 16.9. The first-order valence-corrected chi connectivity index (χ1v) is 15.7. The van der Waals surface area contributed by atoms with Crippen molar-refractivity contribution in [2.45, 2.75) is 83.8 Å². The van der Waals surface area contributed by atoms with Crippen LogP contribution in [0.15, 0.2) is 18.3 Å². The van der Waals surface area contributed by atoms with Crippen LogP contribution in [0.3, 0.4) is 0 Å². The SMILES string of the molecule is CCCC1(COc2nc3c4c(nc(-c5cc(O)cc6ncc(F)c(CC)c56)c(F)c4n2)OC[C@H](C)N3C(C)C(F)F)CCCN1C. The number of benzene rings is 1. The summed E-state index contributed by atoms with van der Waals surface area (Å²) in [7, 11) is 2.04. The summed E-state index contributed by atoms with van der Waals surface area (Å²) in [6.07, 6.45) is 2.26. The number of likely N-dealkylation sites (tertiary alicyclic amines) is 1. The molecule has 0 aliphatic carbocycles. The lowest BCUT2D eigenvalue weighted by Gasteiger charge is -2.36. The molecule has 9 nitrogen and oxygen atoms in total. The summed E-state index contributed by atoms with van der Waals surface area (Å²) in [6, 6.07) is 0.590. The van der Waals surface area contributed by atoms with Crippen LogP contribution < -0.4 is 14.4 Å². The molecule has 6 rings (SSSR count).